The van der Waals surface area contributed by atoms with Crippen LogP contribution >= 0.6 is 0 Å². The standard InChI is InChI=1S/C19H18F2O4/c1-11-9-14(20)17(15(21)10-11)19(24,18(23)25-3)16(12(2)22)13-7-5-4-6-8-13/h4-10,16,24H,1-3H3. The minimum absolute atomic E-state index is 0.238. The third kappa shape index (κ3) is 3.30. The second-order valence-electron chi connectivity index (χ2n) is 5.82. The quantitative estimate of drug-likeness (QED) is 0.844. The van der Waals surface area contributed by atoms with E-state index in [1.165, 1.54) is 19.1 Å². The summed E-state index contributed by atoms with van der Waals surface area (Å²) in [5, 5.41) is 11.1. The van der Waals surface area contributed by atoms with Crippen LogP contribution in [0.3, 0.4) is 0 Å². The highest BCUT2D eigenvalue weighted by Gasteiger charge is 2.53. The number of hydrogen-bond acceptors (Lipinski definition) is 4. The van der Waals surface area contributed by atoms with Crippen LogP contribution in [0.15, 0.2) is 42.5 Å². The molecule has 0 bridgehead atoms. The van der Waals surface area contributed by atoms with Gasteiger partial charge < -0.3 is 9.84 Å². The highest BCUT2D eigenvalue weighted by molar-refractivity contribution is 5.94. The SMILES string of the molecule is COC(=O)C(O)(c1c(F)cc(C)cc1F)C(C(C)=O)c1ccccc1. The first-order chi connectivity index (χ1) is 11.7. The van der Waals surface area contributed by atoms with Crippen molar-refractivity contribution in [2.45, 2.75) is 25.4 Å². The van der Waals surface area contributed by atoms with Gasteiger partial charge in [-0.15, -0.1) is 0 Å². The molecule has 0 fully saturated rings. The minimum Gasteiger partial charge on any atom is -0.467 e. The number of Topliss-reactive ketones (excluding diaryl/α,β-unsaturated/α-hetero) is 1. The third-order valence-electron chi connectivity index (χ3n) is 4.02. The molecule has 0 aliphatic rings. The number of ketones is 1. The zero-order valence-corrected chi connectivity index (χ0v) is 14.0. The van der Waals surface area contributed by atoms with E-state index in [9.17, 15) is 23.5 Å². The Morgan fingerprint density at radius 3 is 2.08 bits per heavy atom. The Labute approximate surface area is 144 Å². The van der Waals surface area contributed by atoms with Gasteiger partial charge in [0.05, 0.1) is 18.6 Å². The van der Waals surface area contributed by atoms with Crippen molar-refractivity contribution in [2.75, 3.05) is 7.11 Å². The zero-order chi connectivity index (χ0) is 18.8. The molecule has 25 heavy (non-hydrogen) atoms. The number of carbonyl (C=O) groups excluding carboxylic acids is 2. The van der Waals surface area contributed by atoms with Gasteiger partial charge in [-0.3, -0.25) is 4.79 Å². The van der Waals surface area contributed by atoms with Crippen molar-refractivity contribution in [3.8, 4) is 0 Å². The second-order valence-corrected chi connectivity index (χ2v) is 5.82. The molecule has 2 atom stereocenters. The van der Waals surface area contributed by atoms with Crippen molar-refractivity contribution in [1.29, 1.82) is 0 Å². The van der Waals surface area contributed by atoms with E-state index in [4.69, 9.17) is 0 Å². The van der Waals surface area contributed by atoms with Gasteiger partial charge in [-0.2, -0.15) is 0 Å². The number of methoxy groups -OCH3 is 1. The lowest BCUT2D eigenvalue weighted by Crippen LogP contribution is -2.46. The van der Waals surface area contributed by atoms with E-state index in [1.54, 1.807) is 18.2 Å². The third-order valence-corrected chi connectivity index (χ3v) is 4.02. The molecule has 6 heteroatoms. The normalized spacial score (nSPS) is 14.5. The molecule has 0 amide bonds. The molecule has 0 aliphatic carbocycles. The van der Waals surface area contributed by atoms with E-state index in [-0.39, 0.29) is 11.1 Å². The van der Waals surface area contributed by atoms with Crippen LogP contribution in [0.4, 0.5) is 8.78 Å². The van der Waals surface area contributed by atoms with Crippen molar-refractivity contribution >= 4 is 11.8 Å². The average molecular weight is 348 g/mol. The molecule has 0 aromatic heterocycles. The van der Waals surface area contributed by atoms with Crippen LogP contribution in [-0.2, 0) is 19.9 Å². The van der Waals surface area contributed by atoms with Gasteiger partial charge in [-0.1, -0.05) is 30.3 Å². The summed E-state index contributed by atoms with van der Waals surface area (Å²) in [6, 6.07) is 9.79. The van der Waals surface area contributed by atoms with Crippen LogP contribution in [0.25, 0.3) is 0 Å². The lowest BCUT2D eigenvalue weighted by atomic mass is 9.74. The summed E-state index contributed by atoms with van der Waals surface area (Å²) in [5.74, 6) is -5.76. The summed E-state index contributed by atoms with van der Waals surface area (Å²) >= 11 is 0. The molecular formula is C19H18F2O4. The lowest BCUT2D eigenvalue weighted by molar-refractivity contribution is -0.169. The van der Waals surface area contributed by atoms with E-state index in [1.807, 2.05) is 0 Å². The van der Waals surface area contributed by atoms with Crippen molar-refractivity contribution in [2.24, 2.45) is 0 Å². The Morgan fingerprint density at radius 2 is 1.64 bits per heavy atom. The number of ether oxygens (including phenoxy) is 1. The molecule has 132 valence electrons. The number of hydrogen-bond donors (Lipinski definition) is 1. The fraction of sp³-hybridized carbons (Fsp3) is 0.263. The number of aryl methyl sites for hydroxylation is 1. The molecule has 0 saturated heterocycles. The van der Waals surface area contributed by atoms with Gasteiger partial charge in [0.25, 0.3) is 0 Å². The van der Waals surface area contributed by atoms with E-state index in [0.29, 0.717) is 0 Å². The molecule has 0 heterocycles. The van der Waals surface area contributed by atoms with Crippen LogP contribution in [0.2, 0.25) is 0 Å². The minimum atomic E-state index is -2.84. The van der Waals surface area contributed by atoms with Gasteiger partial charge in [0.15, 0.2) is 0 Å². The maximum atomic E-state index is 14.5. The zero-order valence-electron chi connectivity index (χ0n) is 14.0. The molecule has 2 rings (SSSR count). The smallest absolute Gasteiger partial charge is 0.343 e. The maximum absolute atomic E-state index is 14.5. The van der Waals surface area contributed by atoms with E-state index in [2.05, 4.69) is 4.74 Å². The van der Waals surface area contributed by atoms with Crippen LogP contribution < -0.4 is 0 Å². The molecule has 2 aromatic rings. The highest BCUT2D eigenvalue weighted by Crippen LogP contribution is 2.41. The van der Waals surface area contributed by atoms with Crippen LogP contribution in [0, 0.1) is 18.6 Å². The van der Waals surface area contributed by atoms with Gasteiger partial charge in [-0.05, 0) is 37.1 Å². The van der Waals surface area contributed by atoms with Crippen molar-refractivity contribution in [1.82, 2.24) is 0 Å². The van der Waals surface area contributed by atoms with Gasteiger partial charge in [0, 0.05) is 0 Å². The van der Waals surface area contributed by atoms with Crippen molar-refractivity contribution in [3.63, 3.8) is 0 Å². The Bertz CT molecular complexity index is 781. The number of halogens is 2. The fourth-order valence-electron chi connectivity index (χ4n) is 3.00. The maximum Gasteiger partial charge on any atom is 0.343 e. The van der Waals surface area contributed by atoms with Crippen LogP contribution in [-0.4, -0.2) is 24.0 Å². The predicted molar refractivity (Wildman–Crippen MR) is 86.9 cm³/mol. The fourth-order valence-corrected chi connectivity index (χ4v) is 3.00. The highest BCUT2D eigenvalue weighted by atomic mass is 19.1. The molecule has 2 unspecified atom stereocenters. The molecule has 2 aromatic carbocycles. The van der Waals surface area contributed by atoms with Crippen molar-refractivity contribution < 1.29 is 28.2 Å². The Hall–Kier alpha value is -2.60. The summed E-state index contributed by atoms with van der Waals surface area (Å²) in [6.45, 7) is 2.60. The predicted octanol–water partition coefficient (Wildman–Crippen LogP) is 3.01. The number of carbonyl (C=O) groups is 2. The van der Waals surface area contributed by atoms with E-state index in [0.717, 1.165) is 26.2 Å². The molecule has 0 aliphatic heterocycles. The summed E-state index contributed by atoms with van der Waals surface area (Å²) in [5.41, 5.74) is -3.24. The topological polar surface area (TPSA) is 63.6 Å². The van der Waals surface area contributed by atoms with Crippen molar-refractivity contribution in [3.05, 3.63) is 70.8 Å². The summed E-state index contributed by atoms with van der Waals surface area (Å²) in [7, 11) is 0.972. The second kappa shape index (κ2) is 7.11. The first-order valence-electron chi connectivity index (χ1n) is 7.55. The molecule has 0 radical (unpaired) electrons. The summed E-state index contributed by atoms with van der Waals surface area (Å²) < 4.78 is 33.6. The number of aliphatic hydroxyl groups is 1. The largest absolute Gasteiger partial charge is 0.467 e. The molecule has 4 nitrogen and oxygen atoms in total. The van der Waals surface area contributed by atoms with Crippen LogP contribution in [0.5, 0.6) is 0 Å². The Balaban J connectivity index is 2.82. The number of esters is 1. The molecule has 0 spiro atoms. The van der Waals surface area contributed by atoms with Gasteiger partial charge in [0.1, 0.15) is 17.4 Å². The summed E-state index contributed by atoms with van der Waals surface area (Å²) in [6.07, 6.45) is 0. The summed E-state index contributed by atoms with van der Waals surface area (Å²) in [4.78, 5) is 24.6. The Kier molecular flexibility index (Phi) is 5.33. The van der Waals surface area contributed by atoms with E-state index >= 15 is 0 Å². The first kappa shape index (κ1) is 18.7. The molecule has 0 saturated carbocycles. The van der Waals surface area contributed by atoms with Gasteiger partial charge in [0.2, 0.25) is 5.60 Å². The average Bonchev–Trinajstić information content (AvgIpc) is 2.53. The Morgan fingerprint density at radius 1 is 1.12 bits per heavy atom. The van der Waals surface area contributed by atoms with Gasteiger partial charge >= 0.3 is 5.97 Å². The van der Waals surface area contributed by atoms with Crippen LogP contribution in [0.1, 0.15) is 29.5 Å². The number of rotatable bonds is 5. The molecule has 1 N–H and O–H groups in total. The first-order valence-corrected chi connectivity index (χ1v) is 7.55. The number of benzene rings is 2. The van der Waals surface area contributed by atoms with Gasteiger partial charge in [-0.25, -0.2) is 13.6 Å². The monoisotopic (exact) mass is 348 g/mol. The van der Waals surface area contributed by atoms with E-state index < -0.39 is 40.5 Å². The molecular weight excluding hydrogens is 330 g/mol. The lowest BCUT2D eigenvalue weighted by Gasteiger charge is -2.33.